The summed E-state index contributed by atoms with van der Waals surface area (Å²) in [6.45, 7) is 4.14. The van der Waals surface area contributed by atoms with Crippen molar-refractivity contribution in [2.75, 3.05) is 29.9 Å². The standard InChI is InChI=1S/C21H23N5O2/c1-2-28-18-7-5-16(6-8-18)25-21(27)15-4-3-11-26(14-15)17-12-19-20(24-13-17)23-10-9-22-19/h5-10,12-13,15H,2-4,11,14H2,1H3,(H,25,27)/t15-/m1/s1. The lowest BCUT2D eigenvalue weighted by atomic mass is 9.96. The second-order valence-electron chi connectivity index (χ2n) is 6.82. The predicted octanol–water partition coefficient (Wildman–Crippen LogP) is 3.28. The molecule has 0 saturated carbocycles. The van der Waals surface area contributed by atoms with E-state index in [1.54, 1.807) is 12.4 Å². The van der Waals surface area contributed by atoms with Crippen molar-refractivity contribution in [2.45, 2.75) is 19.8 Å². The highest BCUT2D eigenvalue weighted by atomic mass is 16.5. The number of nitrogens with one attached hydrogen (secondary N) is 1. The first-order valence-corrected chi connectivity index (χ1v) is 9.58. The van der Waals surface area contributed by atoms with Crippen molar-refractivity contribution < 1.29 is 9.53 Å². The topological polar surface area (TPSA) is 80.2 Å². The van der Waals surface area contributed by atoms with E-state index >= 15 is 0 Å². The zero-order valence-electron chi connectivity index (χ0n) is 15.8. The third kappa shape index (κ3) is 4.03. The third-order valence-electron chi connectivity index (χ3n) is 4.90. The number of anilines is 2. The highest BCUT2D eigenvalue weighted by molar-refractivity contribution is 5.93. The normalized spacial score (nSPS) is 16.8. The van der Waals surface area contributed by atoms with Gasteiger partial charge >= 0.3 is 0 Å². The summed E-state index contributed by atoms with van der Waals surface area (Å²) in [5, 5.41) is 3.02. The number of rotatable bonds is 5. The van der Waals surface area contributed by atoms with Crippen LogP contribution < -0.4 is 15.0 Å². The molecule has 7 heteroatoms. The molecule has 3 heterocycles. The molecule has 3 aromatic rings. The summed E-state index contributed by atoms with van der Waals surface area (Å²) < 4.78 is 5.44. The van der Waals surface area contributed by atoms with Crippen LogP contribution >= 0.6 is 0 Å². The number of hydrogen-bond donors (Lipinski definition) is 1. The number of piperidine rings is 1. The fourth-order valence-electron chi connectivity index (χ4n) is 3.49. The molecule has 1 N–H and O–H groups in total. The molecular weight excluding hydrogens is 354 g/mol. The van der Waals surface area contributed by atoms with Gasteiger partial charge in [0.05, 0.1) is 24.4 Å². The number of aromatic nitrogens is 3. The van der Waals surface area contributed by atoms with E-state index in [1.807, 2.05) is 43.5 Å². The molecule has 7 nitrogen and oxygen atoms in total. The Bertz CT molecular complexity index is 960. The number of pyridine rings is 1. The smallest absolute Gasteiger partial charge is 0.229 e. The van der Waals surface area contributed by atoms with Crippen molar-refractivity contribution in [1.29, 1.82) is 0 Å². The molecule has 4 rings (SSSR count). The molecule has 1 fully saturated rings. The zero-order valence-corrected chi connectivity index (χ0v) is 15.8. The summed E-state index contributed by atoms with van der Waals surface area (Å²) in [5.41, 5.74) is 3.16. The molecule has 0 radical (unpaired) electrons. The second kappa shape index (κ2) is 8.21. The fourth-order valence-corrected chi connectivity index (χ4v) is 3.49. The van der Waals surface area contributed by atoms with Crippen LogP contribution in [0.2, 0.25) is 0 Å². The van der Waals surface area contributed by atoms with Crippen molar-refractivity contribution in [1.82, 2.24) is 15.0 Å². The van der Waals surface area contributed by atoms with E-state index < -0.39 is 0 Å². The van der Waals surface area contributed by atoms with Gasteiger partial charge in [-0.2, -0.15) is 0 Å². The summed E-state index contributed by atoms with van der Waals surface area (Å²) in [7, 11) is 0. The van der Waals surface area contributed by atoms with Gasteiger partial charge in [0, 0.05) is 31.2 Å². The van der Waals surface area contributed by atoms with Gasteiger partial charge in [-0.1, -0.05) is 0 Å². The van der Waals surface area contributed by atoms with Gasteiger partial charge in [-0.15, -0.1) is 0 Å². The van der Waals surface area contributed by atoms with Crippen LogP contribution in [-0.2, 0) is 4.79 Å². The Balaban J connectivity index is 1.42. The molecule has 1 amide bonds. The van der Waals surface area contributed by atoms with E-state index in [1.165, 1.54) is 0 Å². The molecule has 1 atom stereocenters. The van der Waals surface area contributed by atoms with Crippen LogP contribution in [0.25, 0.3) is 11.2 Å². The fraction of sp³-hybridized carbons (Fsp3) is 0.333. The van der Waals surface area contributed by atoms with Gasteiger partial charge in [-0.25, -0.2) is 9.97 Å². The van der Waals surface area contributed by atoms with Crippen LogP contribution in [0, 0.1) is 5.92 Å². The van der Waals surface area contributed by atoms with E-state index in [0.29, 0.717) is 18.8 Å². The van der Waals surface area contributed by atoms with Crippen LogP contribution in [0.1, 0.15) is 19.8 Å². The molecule has 144 valence electrons. The lowest BCUT2D eigenvalue weighted by molar-refractivity contribution is -0.120. The molecule has 0 bridgehead atoms. The van der Waals surface area contributed by atoms with E-state index in [2.05, 4.69) is 25.2 Å². The minimum atomic E-state index is -0.0714. The van der Waals surface area contributed by atoms with Gasteiger partial charge in [0.15, 0.2) is 5.65 Å². The van der Waals surface area contributed by atoms with Crippen molar-refractivity contribution >= 4 is 28.4 Å². The van der Waals surface area contributed by atoms with Crippen molar-refractivity contribution in [2.24, 2.45) is 5.92 Å². The summed E-state index contributed by atoms with van der Waals surface area (Å²) in [6, 6.07) is 9.47. The Morgan fingerprint density at radius 3 is 2.86 bits per heavy atom. The molecule has 1 saturated heterocycles. The van der Waals surface area contributed by atoms with Crippen molar-refractivity contribution in [3.8, 4) is 5.75 Å². The molecular formula is C21H23N5O2. The summed E-state index contributed by atoms with van der Waals surface area (Å²) in [6.07, 6.45) is 6.94. The average molecular weight is 377 g/mol. The van der Waals surface area contributed by atoms with Crippen LogP contribution in [0.3, 0.4) is 0 Å². The highest BCUT2D eigenvalue weighted by Crippen LogP contribution is 2.25. The minimum absolute atomic E-state index is 0.0439. The molecule has 2 aromatic heterocycles. The van der Waals surface area contributed by atoms with Gasteiger partial charge in [0.25, 0.3) is 0 Å². The Kier molecular flexibility index (Phi) is 5.32. The maximum absolute atomic E-state index is 12.8. The van der Waals surface area contributed by atoms with E-state index in [4.69, 9.17) is 4.74 Å². The molecule has 0 spiro atoms. The quantitative estimate of drug-likeness (QED) is 0.735. The predicted molar refractivity (Wildman–Crippen MR) is 109 cm³/mol. The molecule has 1 aliphatic heterocycles. The largest absolute Gasteiger partial charge is 0.494 e. The minimum Gasteiger partial charge on any atom is -0.494 e. The molecule has 1 aromatic carbocycles. The zero-order chi connectivity index (χ0) is 19.3. The number of carbonyl (C=O) groups excluding carboxylic acids is 1. The number of amides is 1. The maximum Gasteiger partial charge on any atom is 0.229 e. The summed E-state index contributed by atoms with van der Waals surface area (Å²) in [4.78, 5) is 27.9. The summed E-state index contributed by atoms with van der Waals surface area (Å²) >= 11 is 0. The van der Waals surface area contributed by atoms with Gasteiger partial charge in [-0.3, -0.25) is 9.78 Å². The Morgan fingerprint density at radius 1 is 1.21 bits per heavy atom. The highest BCUT2D eigenvalue weighted by Gasteiger charge is 2.26. The van der Waals surface area contributed by atoms with Gasteiger partial charge in [0.2, 0.25) is 5.91 Å². The van der Waals surface area contributed by atoms with Gasteiger partial charge in [0.1, 0.15) is 11.3 Å². The Hall–Kier alpha value is -3.22. The molecule has 1 aliphatic rings. The van der Waals surface area contributed by atoms with Gasteiger partial charge < -0.3 is 15.0 Å². The number of ether oxygens (including phenoxy) is 1. The van der Waals surface area contributed by atoms with Gasteiger partial charge in [-0.05, 0) is 50.1 Å². The van der Waals surface area contributed by atoms with Crippen molar-refractivity contribution in [3.05, 3.63) is 48.9 Å². The first-order valence-electron chi connectivity index (χ1n) is 9.58. The molecule has 0 unspecified atom stereocenters. The second-order valence-corrected chi connectivity index (χ2v) is 6.82. The third-order valence-corrected chi connectivity index (χ3v) is 4.90. The first kappa shape index (κ1) is 18.2. The molecule has 0 aliphatic carbocycles. The lowest BCUT2D eigenvalue weighted by Gasteiger charge is -2.33. The maximum atomic E-state index is 12.8. The van der Waals surface area contributed by atoms with Crippen LogP contribution in [0.5, 0.6) is 5.75 Å². The number of fused-ring (bicyclic) bond motifs is 1. The van der Waals surface area contributed by atoms with Crippen LogP contribution in [-0.4, -0.2) is 40.6 Å². The van der Waals surface area contributed by atoms with Crippen LogP contribution in [0.15, 0.2) is 48.9 Å². The molecule has 28 heavy (non-hydrogen) atoms. The van der Waals surface area contributed by atoms with E-state index in [-0.39, 0.29) is 11.8 Å². The Morgan fingerprint density at radius 2 is 2.04 bits per heavy atom. The summed E-state index contributed by atoms with van der Waals surface area (Å²) in [5.74, 6) is 0.775. The van der Waals surface area contributed by atoms with E-state index in [0.717, 1.165) is 42.0 Å². The first-order chi connectivity index (χ1) is 13.7. The number of carbonyl (C=O) groups is 1. The number of hydrogen-bond acceptors (Lipinski definition) is 6. The monoisotopic (exact) mass is 377 g/mol. The van der Waals surface area contributed by atoms with E-state index in [9.17, 15) is 4.79 Å². The Labute approximate surface area is 163 Å². The van der Waals surface area contributed by atoms with Crippen molar-refractivity contribution in [3.63, 3.8) is 0 Å². The SMILES string of the molecule is CCOc1ccc(NC(=O)[C@@H]2CCCN(c3cnc4nccnc4c3)C2)cc1. The van der Waals surface area contributed by atoms with Crippen LogP contribution in [0.4, 0.5) is 11.4 Å². The number of benzene rings is 1. The number of nitrogens with zero attached hydrogens (tertiary/aromatic N) is 4. The lowest BCUT2D eigenvalue weighted by Crippen LogP contribution is -2.40. The average Bonchev–Trinajstić information content (AvgIpc) is 2.75.